The van der Waals surface area contributed by atoms with E-state index in [9.17, 15) is 0 Å². The number of fused-ring (bicyclic) bond motifs is 1. The van der Waals surface area contributed by atoms with Crippen LogP contribution in [-0.2, 0) is 4.74 Å². The molecule has 1 aromatic heterocycles. The van der Waals surface area contributed by atoms with E-state index in [0.29, 0.717) is 0 Å². The zero-order chi connectivity index (χ0) is 14.8. The summed E-state index contributed by atoms with van der Waals surface area (Å²) in [6.45, 7) is 2.64. The van der Waals surface area contributed by atoms with Gasteiger partial charge in [0.1, 0.15) is 0 Å². The van der Waals surface area contributed by atoms with E-state index in [-0.39, 0.29) is 12.1 Å². The van der Waals surface area contributed by atoms with E-state index < -0.39 is 0 Å². The molecule has 0 spiro atoms. The first-order chi connectivity index (χ1) is 10.2. The number of hydrogen-bond acceptors (Lipinski definition) is 4. The van der Waals surface area contributed by atoms with Crippen molar-refractivity contribution in [2.24, 2.45) is 5.73 Å². The van der Waals surface area contributed by atoms with Crippen molar-refractivity contribution in [3.8, 4) is 0 Å². The molecule has 0 bridgehead atoms. The second kappa shape index (κ2) is 6.40. The number of nitrogens with two attached hydrogens (primary N) is 1. The summed E-state index contributed by atoms with van der Waals surface area (Å²) in [5.74, 6) is 0. The van der Waals surface area contributed by atoms with Crippen LogP contribution in [0.25, 0.3) is 10.9 Å². The molecule has 2 aromatic rings. The molecule has 0 amide bonds. The number of methoxy groups -OCH3 is 1. The summed E-state index contributed by atoms with van der Waals surface area (Å²) in [5.41, 5.74) is 8.64. The molecule has 0 saturated carbocycles. The van der Waals surface area contributed by atoms with Gasteiger partial charge in [0.2, 0.25) is 0 Å². The second-order valence-electron chi connectivity index (χ2n) is 5.46. The van der Waals surface area contributed by atoms with Gasteiger partial charge in [-0.15, -0.1) is 0 Å². The van der Waals surface area contributed by atoms with Crippen LogP contribution in [0.5, 0.6) is 0 Å². The highest BCUT2D eigenvalue weighted by atomic mass is 79.9. The van der Waals surface area contributed by atoms with Gasteiger partial charge < -0.3 is 10.5 Å². The smallest absolute Gasteiger partial charge is 0.0761 e. The van der Waals surface area contributed by atoms with E-state index in [1.807, 2.05) is 12.3 Å². The van der Waals surface area contributed by atoms with Crippen LogP contribution in [0.4, 0.5) is 0 Å². The van der Waals surface area contributed by atoms with E-state index in [1.165, 1.54) is 5.56 Å². The molecule has 1 aromatic carbocycles. The van der Waals surface area contributed by atoms with Crippen molar-refractivity contribution in [3.05, 3.63) is 40.5 Å². The Bertz CT molecular complexity index is 634. The molecule has 2 atom stereocenters. The van der Waals surface area contributed by atoms with Crippen molar-refractivity contribution in [2.75, 3.05) is 26.8 Å². The fourth-order valence-electron chi connectivity index (χ4n) is 3.17. The van der Waals surface area contributed by atoms with Crippen LogP contribution < -0.4 is 5.73 Å². The van der Waals surface area contributed by atoms with E-state index in [0.717, 1.165) is 41.5 Å². The van der Waals surface area contributed by atoms with Crippen LogP contribution in [0.1, 0.15) is 18.0 Å². The zero-order valence-corrected chi connectivity index (χ0v) is 13.7. The van der Waals surface area contributed by atoms with Gasteiger partial charge in [-0.05, 0) is 24.1 Å². The molecule has 1 aliphatic rings. The average Bonchev–Trinajstić information content (AvgIpc) is 2.87. The maximum atomic E-state index is 6.38. The SMILES string of the molecule is COCCN1CCC(N)C1c1ccc(Br)c2cccnc12. The maximum Gasteiger partial charge on any atom is 0.0761 e. The molecule has 5 heteroatoms. The third-order valence-electron chi connectivity index (χ3n) is 4.20. The number of aromatic nitrogens is 1. The van der Waals surface area contributed by atoms with Gasteiger partial charge >= 0.3 is 0 Å². The van der Waals surface area contributed by atoms with Crippen molar-refractivity contribution in [1.29, 1.82) is 0 Å². The molecule has 3 rings (SSSR count). The van der Waals surface area contributed by atoms with Crippen LogP contribution in [0.2, 0.25) is 0 Å². The van der Waals surface area contributed by atoms with Gasteiger partial charge in [-0.1, -0.05) is 28.1 Å². The summed E-state index contributed by atoms with van der Waals surface area (Å²) in [7, 11) is 1.74. The maximum absolute atomic E-state index is 6.38. The Morgan fingerprint density at radius 3 is 3.10 bits per heavy atom. The predicted octanol–water partition coefficient (Wildman–Crippen LogP) is 2.72. The first-order valence-electron chi connectivity index (χ1n) is 7.24. The largest absolute Gasteiger partial charge is 0.383 e. The summed E-state index contributed by atoms with van der Waals surface area (Å²) in [4.78, 5) is 7.00. The fraction of sp³-hybridized carbons (Fsp3) is 0.438. The molecule has 112 valence electrons. The van der Waals surface area contributed by atoms with Crippen LogP contribution in [0, 0.1) is 0 Å². The van der Waals surface area contributed by atoms with E-state index in [2.05, 4.69) is 44.0 Å². The zero-order valence-electron chi connectivity index (χ0n) is 12.1. The Morgan fingerprint density at radius 2 is 2.29 bits per heavy atom. The Kier molecular flexibility index (Phi) is 4.54. The lowest BCUT2D eigenvalue weighted by molar-refractivity contribution is 0.139. The van der Waals surface area contributed by atoms with E-state index >= 15 is 0 Å². The van der Waals surface area contributed by atoms with Crippen LogP contribution >= 0.6 is 15.9 Å². The Labute approximate surface area is 133 Å². The van der Waals surface area contributed by atoms with Crippen molar-refractivity contribution in [3.63, 3.8) is 0 Å². The van der Waals surface area contributed by atoms with Gasteiger partial charge in [0.15, 0.2) is 0 Å². The minimum Gasteiger partial charge on any atom is -0.383 e. The lowest BCUT2D eigenvalue weighted by Gasteiger charge is -2.27. The normalized spacial score (nSPS) is 23.0. The molecule has 1 fully saturated rings. The van der Waals surface area contributed by atoms with Crippen molar-refractivity contribution in [1.82, 2.24) is 9.88 Å². The first kappa shape index (κ1) is 14.9. The number of hydrogen-bond donors (Lipinski definition) is 1. The number of pyridine rings is 1. The highest BCUT2D eigenvalue weighted by Crippen LogP contribution is 2.36. The second-order valence-corrected chi connectivity index (χ2v) is 6.32. The van der Waals surface area contributed by atoms with Crippen LogP contribution in [0.3, 0.4) is 0 Å². The Balaban J connectivity index is 2.04. The van der Waals surface area contributed by atoms with Gasteiger partial charge in [0.05, 0.1) is 18.2 Å². The lowest BCUT2D eigenvalue weighted by atomic mass is 9.98. The average molecular weight is 350 g/mol. The molecular weight excluding hydrogens is 330 g/mol. The first-order valence-corrected chi connectivity index (χ1v) is 8.03. The van der Waals surface area contributed by atoms with Gasteiger partial charge in [-0.3, -0.25) is 9.88 Å². The Morgan fingerprint density at radius 1 is 1.43 bits per heavy atom. The van der Waals surface area contributed by atoms with Gasteiger partial charge in [-0.2, -0.15) is 0 Å². The van der Waals surface area contributed by atoms with Gasteiger partial charge in [0, 0.05) is 42.3 Å². The summed E-state index contributed by atoms with van der Waals surface area (Å²) in [6.07, 6.45) is 2.86. The van der Waals surface area contributed by atoms with Gasteiger partial charge in [0.25, 0.3) is 0 Å². The van der Waals surface area contributed by atoms with Crippen molar-refractivity contribution >= 4 is 26.8 Å². The highest BCUT2D eigenvalue weighted by Gasteiger charge is 2.34. The number of rotatable bonds is 4. The molecule has 4 nitrogen and oxygen atoms in total. The molecule has 2 N–H and O–H groups in total. The fourth-order valence-corrected chi connectivity index (χ4v) is 3.62. The standard InChI is InChI=1S/C16H20BrN3O/c1-21-10-9-20-8-6-14(18)16(20)12-4-5-13(17)11-3-2-7-19-15(11)12/h2-5,7,14,16H,6,8-10,18H2,1H3. The van der Waals surface area contributed by atoms with Crippen LogP contribution in [0.15, 0.2) is 34.9 Å². The number of benzene rings is 1. The summed E-state index contributed by atoms with van der Waals surface area (Å²) < 4.78 is 6.30. The summed E-state index contributed by atoms with van der Waals surface area (Å²) in [5, 5.41) is 1.14. The quantitative estimate of drug-likeness (QED) is 0.921. The topological polar surface area (TPSA) is 51.4 Å². The molecule has 2 unspecified atom stereocenters. The lowest BCUT2D eigenvalue weighted by Crippen LogP contribution is -2.34. The van der Waals surface area contributed by atoms with E-state index in [1.54, 1.807) is 7.11 Å². The molecule has 21 heavy (non-hydrogen) atoms. The minimum atomic E-state index is 0.147. The third kappa shape index (κ3) is 2.83. The monoisotopic (exact) mass is 349 g/mol. The summed E-state index contributed by atoms with van der Waals surface area (Å²) >= 11 is 3.61. The number of likely N-dealkylation sites (tertiary alicyclic amines) is 1. The minimum absolute atomic E-state index is 0.147. The van der Waals surface area contributed by atoms with Gasteiger partial charge in [-0.25, -0.2) is 0 Å². The number of halogens is 1. The third-order valence-corrected chi connectivity index (χ3v) is 4.89. The highest BCUT2D eigenvalue weighted by molar-refractivity contribution is 9.10. The molecular formula is C16H20BrN3O. The molecule has 1 aliphatic heterocycles. The van der Waals surface area contributed by atoms with Crippen molar-refractivity contribution in [2.45, 2.75) is 18.5 Å². The molecule has 2 heterocycles. The molecule has 1 saturated heterocycles. The van der Waals surface area contributed by atoms with Crippen molar-refractivity contribution < 1.29 is 4.74 Å². The van der Waals surface area contributed by atoms with Crippen LogP contribution in [-0.4, -0.2) is 42.7 Å². The predicted molar refractivity (Wildman–Crippen MR) is 88.2 cm³/mol. The number of nitrogens with zero attached hydrogens (tertiary/aromatic N) is 2. The summed E-state index contributed by atoms with van der Waals surface area (Å²) in [6, 6.07) is 8.66. The number of ether oxygens (including phenoxy) is 1. The van der Waals surface area contributed by atoms with E-state index in [4.69, 9.17) is 10.5 Å². The molecule has 0 radical (unpaired) electrons. The molecule has 0 aliphatic carbocycles. The Hall–Kier alpha value is -1.01.